The van der Waals surface area contributed by atoms with Gasteiger partial charge in [0.2, 0.25) is 5.04 Å². The van der Waals surface area contributed by atoms with Crippen molar-refractivity contribution in [1.82, 2.24) is 14.9 Å². The molecule has 1 saturated heterocycles. The number of hydrogen-bond donors (Lipinski definition) is 2. The molecule has 0 spiro atoms. The van der Waals surface area contributed by atoms with Crippen molar-refractivity contribution in [3.05, 3.63) is 47.6 Å². The number of nitrogens with zero attached hydrogens (tertiary/aromatic N) is 2. The number of aliphatic imine (C=N–C) groups is 1. The highest BCUT2D eigenvalue weighted by atomic mass is 32.2. The van der Waals surface area contributed by atoms with Crippen LogP contribution in [0.1, 0.15) is 55.6 Å². The highest BCUT2D eigenvalue weighted by Gasteiger charge is 2.46. The first-order valence-electron chi connectivity index (χ1n) is 13.0. The molecule has 2 N–H and O–H groups in total. The molecular formula is C27H31FN4O7S. The summed E-state index contributed by atoms with van der Waals surface area (Å²) in [5, 5.41) is 5.01. The third-order valence-corrected chi connectivity index (χ3v) is 8.53. The molecule has 1 aromatic carbocycles. The molecule has 4 rings (SSSR count). The number of fused-ring (bicyclic) bond motifs is 1. The highest BCUT2D eigenvalue weighted by Crippen LogP contribution is 2.27. The number of amides is 2. The molecule has 214 valence electrons. The van der Waals surface area contributed by atoms with Crippen molar-refractivity contribution in [1.29, 1.82) is 0 Å². The summed E-state index contributed by atoms with van der Waals surface area (Å²) < 4.78 is 47.5. The zero-order valence-electron chi connectivity index (χ0n) is 22.4. The van der Waals surface area contributed by atoms with Gasteiger partial charge in [0.25, 0.3) is 21.8 Å². The molecule has 2 aromatic rings. The molecule has 2 aliphatic rings. The van der Waals surface area contributed by atoms with Gasteiger partial charge in [0.1, 0.15) is 23.5 Å². The van der Waals surface area contributed by atoms with Crippen LogP contribution in [0.3, 0.4) is 0 Å². The number of allylic oxidation sites excluding steroid dienone is 1. The Morgan fingerprint density at radius 1 is 1.27 bits per heavy atom. The van der Waals surface area contributed by atoms with E-state index < -0.39 is 56.3 Å². The number of carbonyl (C=O) groups excluding carboxylic acids is 4. The predicted octanol–water partition coefficient (Wildman–Crippen LogP) is 2.39. The number of halogens is 1. The van der Waals surface area contributed by atoms with E-state index in [-0.39, 0.29) is 43.1 Å². The Balaban J connectivity index is 1.75. The quantitative estimate of drug-likeness (QED) is 0.533. The summed E-state index contributed by atoms with van der Waals surface area (Å²) >= 11 is 0. The summed E-state index contributed by atoms with van der Waals surface area (Å²) in [7, 11) is -4.87. The van der Waals surface area contributed by atoms with Gasteiger partial charge in [-0.15, -0.1) is 0 Å². The lowest BCUT2D eigenvalue weighted by Crippen LogP contribution is -2.58. The lowest BCUT2D eigenvalue weighted by molar-refractivity contribution is -0.135. The normalized spacial score (nSPS) is 18.9. The van der Waals surface area contributed by atoms with Crippen LogP contribution in [0.5, 0.6) is 0 Å². The van der Waals surface area contributed by atoms with Crippen LogP contribution in [0, 0.1) is 18.7 Å². The molecule has 1 aromatic heterocycles. The second-order valence-corrected chi connectivity index (χ2v) is 12.0. The summed E-state index contributed by atoms with van der Waals surface area (Å²) in [5.74, 6) is -4.10. The SMILES string of the molecule is Cc1c(C(=O)NC(CC(C)C)C(=O)N([C@H]2CCCNCC2=O)S(=O)(=O)C2=NC=CCC2=O)oc2ccc(F)cc12. The molecule has 0 radical (unpaired) electrons. The number of nitrogens with one attached hydrogen (secondary N) is 2. The van der Waals surface area contributed by atoms with Crippen molar-refractivity contribution in [3.63, 3.8) is 0 Å². The Kier molecular flexibility index (Phi) is 8.64. The Morgan fingerprint density at radius 3 is 2.73 bits per heavy atom. The molecule has 0 aliphatic carbocycles. The first kappa shape index (κ1) is 29.3. The maximum absolute atomic E-state index is 14.1. The first-order valence-corrected chi connectivity index (χ1v) is 14.4. The zero-order valence-corrected chi connectivity index (χ0v) is 23.2. The molecule has 0 bridgehead atoms. The summed E-state index contributed by atoms with van der Waals surface area (Å²) in [6.45, 7) is 5.39. The van der Waals surface area contributed by atoms with Gasteiger partial charge in [-0.2, -0.15) is 8.42 Å². The maximum atomic E-state index is 14.1. The number of carbonyl (C=O) groups is 4. The number of rotatable bonds is 6. The van der Waals surface area contributed by atoms with Gasteiger partial charge in [0, 0.05) is 23.6 Å². The number of ketones is 2. The van der Waals surface area contributed by atoms with Gasteiger partial charge in [-0.3, -0.25) is 19.2 Å². The van der Waals surface area contributed by atoms with Gasteiger partial charge in [-0.05, 0) is 56.8 Å². The number of benzene rings is 1. The Morgan fingerprint density at radius 2 is 2.02 bits per heavy atom. The van der Waals surface area contributed by atoms with Gasteiger partial charge in [-0.1, -0.05) is 19.9 Å². The Hall–Kier alpha value is -3.71. The minimum absolute atomic E-state index is 0.0178. The van der Waals surface area contributed by atoms with E-state index in [9.17, 15) is 32.0 Å². The van der Waals surface area contributed by atoms with E-state index in [1.807, 2.05) is 0 Å². The van der Waals surface area contributed by atoms with Gasteiger partial charge in [-0.25, -0.2) is 13.7 Å². The van der Waals surface area contributed by atoms with Crippen LogP contribution in [0.15, 0.2) is 39.9 Å². The highest BCUT2D eigenvalue weighted by molar-refractivity contribution is 8.06. The van der Waals surface area contributed by atoms with E-state index in [1.165, 1.54) is 24.3 Å². The van der Waals surface area contributed by atoms with Crippen molar-refractivity contribution in [2.75, 3.05) is 13.1 Å². The summed E-state index contributed by atoms with van der Waals surface area (Å²) in [6, 6.07) is 0.991. The van der Waals surface area contributed by atoms with E-state index in [1.54, 1.807) is 20.8 Å². The summed E-state index contributed by atoms with van der Waals surface area (Å²) in [4.78, 5) is 56.8. The number of Topliss-reactive ketones (excluding diaryl/α,β-unsaturated/α-hetero) is 2. The molecule has 11 nitrogen and oxygen atoms in total. The van der Waals surface area contributed by atoms with E-state index in [4.69, 9.17) is 4.42 Å². The number of furan rings is 1. The smallest absolute Gasteiger partial charge is 0.288 e. The largest absolute Gasteiger partial charge is 0.451 e. The minimum Gasteiger partial charge on any atom is -0.451 e. The van der Waals surface area contributed by atoms with Crippen LogP contribution in [-0.2, 0) is 24.4 Å². The average Bonchev–Trinajstić information content (AvgIpc) is 3.07. The van der Waals surface area contributed by atoms with Crippen molar-refractivity contribution < 1.29 is 36.4 Å². The standard InChI is InChI=1S/C27H31FN4O7S/c1-15(2)12-19(31-25(35)24-16(3)18-13-17(28)8-9-23(18)39-24)27(36)32(20-6-4-10-29-14-22(20)34)40(37,38)26-21(33)7-5-11-30-26/h5,8-9,11,13,15,19-20,29H,4,6-7,10,12,14H2,1-3H3,(H,31,35)/t19?,20-/m0/s1. The van der Waals surface area contributed by atoms with Gasteiger partial charge < -0.3 is 15.1 Å². The molecule has 2 amide bonds. The van der Waals surface area contributed by atoms with E-state index in [0.29, 0.717) is 28.2 Å². The Labute approximate surface area is 230 Å². The lowest BCUT2D eigenvalue weighted by atomic mass is 10.0. The fraction of sp³-hybridized carbons (Fsp3) is 0.444. The van der Waals surface area contributed by atoms with E-state index >= 15 is 0 Å². The van der Waals surface area contributed by atoms with Gasteiger partial charge in [0.05, 0.1) is 6.54 Å². The van der Waals surface area contributed by atoms with Crippen molar-refractivity contribution in [3.8, 4) is 0 Å². The van der Waals surface area contributed by atoms with Crippen LogP contribution in [-0.4, -0.2) is 66.3 Å². The Bertz CT molecular complexity index is 1530. The van der Waals surface area contributed by atoms with Crippen LogP contribution in [0.2, 0.25) is 0 Å². The van der Waals surface area contributed by atoms with Crippen LogP contribution < -0.4 is 10.6 Å². The molecule has 2 atom stereocenters. The lowest BCUT2D eigenvalue weighted by Gasteiger charge is -2.33. The third-order valence-electron chi connectivity index (χ3n) is 6.76. The molecule has 0 saturated carbocycles. The van der Waals surface area contributed by atoms with Gasteiger partial charge in [0.15, 0.2) is 17.3 Å². The monoisotopic (exact) mass is 574 g/mol. The first-order chi connectivity index (χ1) is 18.9. The van der Waals surface area contributed by atoms with E-state index in [2.05, 4.69) is 15.6 Å². The second-order valence-electron chi connectivity index (χ2n) is 10.2. The van der Waals surface area contributed by atoms with Crippen molar-refractivity contribution >= 4 is 49.4 Å². The molecule has 1 unspecified atom stereocenters. The topological polar surface area (TPSA) is 155 Å². The molecule has 1 fully saturated rings. The predicted molar refractivity (Wildman–Crippen MR) is 144 cm³/mol. The van der Waals surface area contributed by atoms with E-state index in [0.717, 1.165) is 6.20 Å². The third kappa shape index (κ3) is 5.89. The molecular weight excluding hydrogens is 543 g/mol. The fourth-order valence-electron chi connectivity index (χ4n) is 4.82. The molecule has 2 aliphatic heterocycles. The minimum atomic E-state index is -4.87. The zero-order chi connectivity index (χ0) is 29.2. The van der Waals surface area contributed by atoms with Crippen molar-refractivity contribution in [2.45, 2.75) is 58.5 Å². The fourth-order valence-corrected chi connectivity index (χ4v) is 6.49. The molecule has 40 heavy (non-hydrogen) atoms. The summed E-state index contributed by atoms with van der Waals surface area (Å²) in [6.07, 6.45) is 2.77. The van der Waals surface area contributed by atoms with Crippen LogP contribution >= 0.6 is 0 Å². The van der Waals surface area contributed by atoms with Crippen LogP contribution in [0.4, 0.5) is 4.39 Å². The summed E-state index contributed by atoms with van der Waals surface area (Å²) in [5.41, 5.74) is 0.601. The molecule has 13 heteroatoms. The second kappa shape index (κ2) is 11.8. The number of sulfonamides is 1. The number of hydrogen-bond acceptors (Lipinski definition) is 9. The number of aryl methyl sites for hydroxylation is 1. The maximum Gasteiger partial charge on any atom is 0.288 e. The molecule has 3 heterocycles. The van der Waals surface area contributed by atoms with Crippen LogP contribution in [0.25, 0.3) is 11.0 Å². The average molecular weight is 575 g/mol. The van der Waals surface area contributed by atoms with Gasteiger partial charge >= 0.3 is 0 Å². The van der Waals surface area contributed by atoms with Crippen molar-refractivity contribution in [2.24, 2.45) is 10.9 Å².